The minimum atomic E-state index is 0.625. The minimum absolute atomic E-state index is 0.625. The molecule has 0 aliphatic heterocycles. The van der Waals surface area contributed by atoms with Gasteiger partial charge in [0, 0.05) is 17.8 Å². The molecule has 0 saturated heterocycles. The van der Waals surface area contributed by atoms with Crippen LogP contribution in [0.2, 0.25) is 0 Å². The van der Waals surface area contributed by atoms with Gasteiger partial charge >= 0.3 is 0 Å². The standard InChI is InChI=1S/C12H7N5/c13-7-9-1-3-10(4-2-9)12-14-6-5-11-15-8-16-17(11)12/h1-6,8H. The van der Waals surface area contributed by atoms with E-state index in [0.717, 1.165) is 11.2 Å². The zero-order valence-corrected chi connectivity index (χ0v) is 8.78. The second kappa shape index (κ2) is 3.68. The molecular formula is C12H7N5. The molecule has 3 rings (SSSR count). The maximum Gasteiger partial charge on any atom is 0.163 e. The average molecular weight is 221 g/mol. The van der Waals surface area contributed by atoms with E-state index in [1.807, 2.05) is 12.1 Å². The van der Waals surface area contributed by atoms with Crippen LogP contribution in [0.3, 0.4) is 0 Å². The lowest BCUT2D eigenvalue weighted by Crippen LogP contribution is -1.96. The number of benzene rings is 1. The van der Waals surface area contributed by atoms with Crippen LogP contribution < -0.4 is 0 Å². The zero-order valence-electron chi connectivity index (χ0n) is 8.78. The van der Waals surface area contributed by atoms with Crippen molar-refractivity contribution < 1.29 is 0 Å². The van der Waals surface area contributed by atoms with Gasteiger partial charge in [-0.3, -0.25) is 0 Å². The van der Waals surface area contributed by atoms with Crippen LogP contribution in [0, 0.1) is 11.3 Å². The van der Waals surface area contributed by atoms with Gasteiger partial charge in [0.25, 0.3) is 0 Å². The van der Waals surface area contributed by atoms with E-state index in [-0.39, 0.29) is 0 Å². The van der Waals surface area contributed by atoms with Crippen molar-refractivity contribution in [1.82, 2.24) is 19.6 Å². The van der Waals surface area contributed by atoms with Crippen LogP contribution in [0.1, 0.15) is 5.56 Å². The highest BCUT2D eigenvalue weighted by Gasteiger charge is 2.05. The Morgan fingerprint density at radius 1 is 1.06 bits per heavy atom. The molecule has 2 heterocycles. The highest BCUT2D eigenvalue weighted by atomic mass is 15.3. The molecule has 0 aliphatic rings. The van der Waals surface area contributed by atoms with Crippen LogP contribution in [-0.4, -0.2) is 19.6 Å². The SMILES string of the molecule is N#Cc1ccc(-c2nccc3ncnn23)cc1. The summed E-state index contributed by atoms with van der Waals surface area (Å²) in [5.41, 5.74) is 2.28. The largest absolute Gasteiger partial charge is 0.236 e. The van der Waals surface area contributed by atoms with Crippen LogP contribution in [-0.2, 0) is 0 Å². The van der Waals surface area contributed by atoms with Gasteiger partial charge in [-0.15, -0.1) is 0 Å². The topological polar surface area (TPSA) is 66.9 Å². The van der Waals surface area contributed by atoms with E-state index in [1.165, 1.54) is 6.33 Å². The first-order valence-corrected chi connectivity index (χ1v) is 5.04. The highest BCUT2D eigenvalue weighted by molar-refractivity contribution is 5.59. The molecule has 0 atom stereocenters. The molecule has 0 radical (unpaired) electrons. The molecule has 5 heteroatoms. The van der Waals surface area contributed by atoms with E-state index in [0.29, 0.717) is 11.4 Å². The number of nitrogens with zero attached hydrogens (tertiary/aromatic N) is 5. The number of hydrogen-bond acceptors (Lipinski definition) is 4. The van der Waals surface area contributed by atoms with Gasteiger partial charge in [0.1, 0.15) is 6.33 Å². The van der Waals surface area contributed by atoms with Crippen molar-refractivity contribution in [3.63, 3.8) is 0 Å². The summed E-state index contributed by atoms with van der Waals surface area (Å²) in [7, 11) is 0. The Labute approximate surface area is 97.0 Å². The van der Waals surface area contributed by atoms with E-state index in [9.17, 15) is 0 Å². The third-order valence-corrected chi connectivity index (χ3v) is 2.47. The van der Waals surface area contributed by atoms with Crippen molar-refractivity contribution >= 4 is 5.65 Å². The van der Waals surface area contributed by atoms with E-state index in [2.05, 4.69) is 21.1 Å². The van der Waals surface area contributed by atoms with Crippen LogP contribution >= 0.6 is 0 Å². The molecule has 0 bridgehead atoms. The van der Waals surface area contributed by atoms with E-state index < -0.39 is 0 Å². The molecule has 1 aromatic carbocycles. The highest BCUT2D eigenvalue weighted by Crippen LogP contribution is 2.17. The molecule has 0 amide bonds. The zero-order chi connectivity index (χ0) is 11.7. The molecule has 0 spiro atoms. The Morgan fingerprint density at radius 2 is 1.88 bits per heavy atom. The number of rotatable bonds is 1. The molecule has 0 unspecified atom stereocenters. The average Bonchev–Trinajstić information content (AvgIpc) is 2.87. The fourth-order valence-electron chi connectivity index (χ4n) is 1.65. The number of nitriles is 1. The lowest BCUT2D eigenvalue weighted by molar-refractivity contribution is 0.933. The van der Waals surface area contributed by atoms with Crippen LogP contribution in [0.25, 0.3) is 17.0 Å². The minimum Gasteiger partial charge on any atom is -0.236 e. The Bertz CT molecular complexity index is 706. The maximum absolute atomic E-state index is 8.74. The van der Waals surface area contributed by atoms with Crippen LogP contribution in [0.15, 0.2) is 42.9 Å². The van der Waals surface area contributed by atoms with Crippen LogP contribution in [0.4, 0.5) is 0 Å². The maximum atomic E-state index is 8.74. The predicted octanol–water partition coefficient (Wildman–Crippen LogP) is 1.66. The van der Waals surface area contributed by atoms with Crippen molar-refractivity contribution in [2.24, 2.45) is 0 Å². The van der Waals surface area contributed by atoms with Crippen molar-refractivity contribution in [2.75, 3.05) is 0 Å². The molecule has 80 valence electrons. The molecule has 0 aliphatic carbocycles. The van der Waals surface area contributed by atoms with Gasteiger partial charge in [0.15, 0.2) is 11.5 Å². The molecule has 2 aromatic heterocycles. The van der Waals surface area contributed by atoms with Crippen molar-refractivity contribution in [1.29, 1.82) is 5.26 Å². The molecule has 0 fully saturated rings. The number of fused-ring (bicyclic) bond motifs is 1. The smallest absolute Gasteiger partial charge is 0.163 e. The Morgan fingerprint density at radius 3 is 2.65 bits per heavy atom. The van der Waals surface area contributed by atoms with E-state index >= 15 is 0 Å². The summed E-state index contributed by atoms with van der Waals surface area (Å²) in [6.07, 6.45) is 3.18. The second-order valence-corrected chi connectivity index (χ2v) is 3.49. The Kier molecular flexibility index (Phi) is 2.06. The third-order valence-electron chi connectivity index (χ3n) is 2.47. The third kappa shape index (κ3) is 1.52. The van der Waals surface area contributed by atoms with Gasteiger partial charge in [-0.1, -0.05) is 0 Å². The summed E-state index contributed by atoms with van der Waals surface area (Å²) in [5, 5.41) is 12.9. The number of hydrogen-bond donors (Lipinski definition) is 0. The summed E-state index contributed by atoms with van der Waals surface area (Å²) in [6.45, 7) is 0. The normalized spacial score (nSPS) is 10.3. The summed E-state index contributed by atoms with van der Waals surface area (Å²) < 4.78 is 1.67. The van der Waals surface area contributed by atoms with Gasteiger partial charge in [-0.05, 0) is 24.3 Å². The first kappa shape index (κ1) is 9.48. The van der Waals surface area contributed by atoms with Crippen LogP contribution in [0.5, 0.6) is 0 Å². The fraction of sp³-hybridized carbons (Fsp3) is 0. The molecule has 17 heavy (non-hydrogen) atoms. The lowest BCUT2D eigenvalue weighted by atomic mass is 10.1. The molecule has 0 N–H and O–H groups in total. The number of aromatic nitrogens is 4. The van der Waals surface area contributed by atoms with Crippen molar-refractivity contribution in [3.8, 4) is 17.5 Å². The quantitative estimate of drug-likeness (QED) is 0.626. The molecule has 3 aromatic rings. The first-order valence-electron chi connectivity index (χ1n) is 5.04. The van der Waals surface area contributed by atoms with E-state index in [1.54, 1.807) is 28.9 Å². The van der Waals surface area contributed by atoms with Gasteiger partial charge in [-0.2, -0.15) is 14.9 Å². The molecule has 5 nitrogen and oxygen atoms in total. The predicted molar refractivity (Wildman–Crippen MR) is 60.9 cm³/mol. The molecular weight excluding hydrogens is 214 g/mol. The van der Waals surface area contributed by atoms with Gasteiger partial charge in [-0.25, -0.2) is 9.97 Å². The monoisotopic (exact) mass is 221 g/mol. The Balaban J connectivity index is 2.20. The van der Waals surface area contributed by atoms with Gasteiger partial charge in [0.05, 0.1) is 11.6 Å². The summed E-state index contributed by atoms with van der Waals surface area (Å²) in [6, 6.07) is 11.1. The molecule has 0 saturated carbocycles. The summed E-state index contributed by atoms with van der Waals surface area (Å²) in [4.78, 5) is 8.38. The van der Waals surface area contributed by atoms with Gasteiger partial charge < -0.3 is 0 Å². The summed E-state index contributed by atoms with van der Waals surface area (Å²) >= 11 is 0. The van der Waals surface area contributed by atoms with E-state index in [4.69, 9.17) is 5.26 Å². The fourth-order valence-corrected chi connectivity index (χ4v) is 1.65. The van der Waals surface area contributed by atoms with Gasteiger partial charge in [0.2, 0.25) is 0 Å². The lowest BCUT2D eigenvalue weighted by Gasteiger charge is -2.02. The van der Waals surface area contributed by atoms with Crippen molar-refractivity contribution in [2.45, 2.75) is 0 Å². The second-order valence-electron chi connectivity index (χ2n) is 3.49. The summed E-state index contributed by atoms with van der Waals surface area (Å²) in [5.74, 6) is 0.712. The first-order chi connectivity index (χ1) is 8.38. The Hall–Kier alpha value is -2.74. The van der Waals surface area contributed by atoms with Crippen molar-refractivity contribution in [3.05, 3.63) is 48.4 Å².